The summed E-state index contributed by atoms with van der Waals surface area (Å²) in [7, 11) is 4.59. The Bertz CT molecular complexity index is 2030. The Morgan fingerprint density at radius 1 is 0.927 bits per heavy atom. The Kier molecular flexibility index (Phi) is 5.79. The first-order valence-corrected chi connectivity index (χ1v) is 12.9. The van der Waals surface area contributed by atoms with Gasteiger partial charge in [-0.25, -0.2) is 19.3 Å². The maximum Gasteiger partial charge on any atom is 0.344 e. The molecule has 1 atom stereocenters. The molecule has 6 aromatic rings. The molecule has 0 bridgehead atoms. The van der Waals surface area contributed by atoms with Gasteiger partial charge in [0, 0.05) is 5.56 Å². The molecule has 0 N–H and O–H groups in total. The number of benzene rings is 3. The molecule has 3 aromatic carbocycles. The molecule has 1 aliphatic rings. The van der Waals surface area contributed by atoms with Crippen LogP contribution in [0.5, 0.6) is 28.9 Å². The monoisotopic (exact) mass is 568 g/mol. The van der Waals surface area contributed by atoms with Crippen LogP contribution in [0.4, 0.5) is 0 Å². The maximum absolute atomic E-state index is 13.7. The highest BCUT2D eigenvalue weighted by molar-refractivity contribution is 6.33. The number of nitrogens with zero attached hydrogens (tertiary/aromatic N) is 4. The van der Waals surface area contributed by atoms with Gasteiger partial charge in [0.1, 0.15) is 11.9 Å². The lowest BCUT2D eigenvalue weighted by Gasteiger charge is -2.28. The lowest BCUT2D eigenvalue weighted by atomic mass is 9.83. The van der Waals surface area contributed by atoms with Crippen molar-refractivity contribution in [3.63, 3.8) is 0 Å². The first-order chi connectivity index (χ1) is 20.0. The molecule has 10 nitrogen and oxygen atoms in total. The van der Waals surface area contributed by atoms with E-state index in [1.54, 1.807) is 34.8 Å². The first-order valence-electron chi connectivity index (χ1n) is 12.6. The standard InChI is InChI=1S/C30H21ClN4O6/c1-37-20-12-15(13-21(38-2)26(20)39-3)22-23-25(17-9-5-7-11-19(17)40-30(23)36)41-29-24(22)28-33-27(34-35(28)14-32-29)16-8-4-6-10-18(16)31/h4-14,22H,1-3H3. The van der Waals surface area contributed by atoms with E-state index in [2.05, 4.69) is 10.1 Å². The zero-order valence-corrected chi connectivity index (χ0v) is 22.8. The number of aromatic nitrogens is 4. The van der Waals surface area contributed by atoms with Crippen molar-refractivity contribution in [2.75, 3.05) is 21.3 Å². The molecule has 0 saturated heterocycles. The zero-order chi connectivity index (χ0) is 28.2. The highest BCUT2D eigenvalue weighted by atomic mass is 35.5. The summed E-state index contributed by atoms with van der Waals surface area (Å²) in [6.45, 7) is 0. The van der Waals surface area contributed by atoms with Crippen molar-refractivity contribution in [3.8, 4) is 40.3 Å². The molecule has 7 rings (SSSR count). The number of rotatable bonds is 5. The number of hydrogen-bond acceptors (Lipinski definition) is 9. The third-order valence-electron chi connectivity index (χ3n) is 7.10. The maximum atomic E-state index is 13.7. The van der Waals surface area contributed by atoms with Crippen molar-refractivity contribution in [1.82, 2.24) is 19.6 Å². The Morgan fingerprint density at radius 3 is 2.39 bits per heavy atom. The molecule has 0 amide bonds. The van der Waals surface area contributed by atoms with E-state index in [1.165, 1.54) is 27.7 Å². The van der Waals surface area contributed by atoms with Gasteiger partial charge in [-0.3, -0.25) is 0 Å². The van der Waals surface area contributed by atoms with E-state index in [9.17, 15) is 4.79 Å². The topological polar surface area (TPSA) is 110 Å². The summed E-state index contributed by atoms with van der Waals surface area (Å²) >= 11 is 6.47. The Morgan fingerprint density at radius 2 is 1.66 bits per heavy atom. The molecular weight excluding hydrogens is 548 g/mol. The van der Waals surface area contributed by atoms with Crippen molar-refractivity contribution in [3.05, 3.63) is 99.1 Å². The van der Waals surface area contributed by atoms with E-state index in [0.29, 0.717) is 67.2 Å². The van der Waals surface area contributed by atoms with Gasteiger partial charge in [-0.15, -0.1) is 5.10 Å². The van der Waals surface area contributed by atoms with Crippen molar-refractivity contribution in [1.29, 1.82) is 0 Å². The lowest BCUT2D eigenvalue weighted by molar-refractivity contribution is 0.323. The quantitative estimate of drug-likeness (QED) is 0.236. The fourth-order valence-corrected chi connectivity index (χ4v) is 5.51. The minimum Gasteiger partial charge on any atom is -0.493 e. The fraction of sp³-hybridized carbons (Fsp3) is 0.133. The van der Waals surface area contributed by atoms with Crippen LogP contribution in [0.1, 0.15) is 22.6 Å². The summed E-state index contributed by atoms with van der Waals surface area (Å²) in [5.41, 5.74) is 2.36. The average molecular weight is 569 g/mol. The van der Waals surface area contributed by atoms with Crippen LogP contribution in [0.3, 0.4) is 0 Å². The van der Waals surface area contributed by atoms with Crippen molar-refractivity contribution in [2.24, 2.45) is 0 Å². The van der Waals surface area contributed by atoms with Crippen LogP contribution in [0, 0.1) is 0 Å². The van der Waals surface area contributed by atoms with Crippen molar-refractivity contribution in [2.45, 2.75) is 5.92 Å². The molecule has 3 aromatic heterocycles. The number of para-hydroxylation sites is 1. The summed E-state index contributed by atoms with van der Waals surface area (Å²) in [6, 6.07) is 18.1. The van der Waals surface area contributed by atoms with Gasteiger partial charge in [0.25, 0.3) is 0 Å². The molecule has 1 aliphatic heterocycles. The largest absolute Gasteiger partial charge is 0.493 e. The Labute approximate surface area is 237 Å². The van der Waals surface area contributed by atoms with Gasteiger partial charge in [-0.05, 0) is 42.0 Å². The minimum absolute atomic E-state index is 0.276. The highest BCUT2D eigenvalue weighted by Gasteiger charge is 2.38. The molecular formula is C30H21ClN4O6. The zero-order valence-electron chi connectivity index (χ0n) is 22.0. The van der Waals surface area contributed by atoms with Crippen LogP contribution in [0.2, 0.25) is 5.02 Å². The molecule has 1 unspecified atom stereocenters. The summed E-state index contributed by atoms with van der Waals surface area (Å²) < 4.78 is 30.5. The smallest absolute Gasteiger partial charge is 0.344 e. The lowest BCUT2D eigenvalue weighted by Crippen LogP contribution is -2.22. The second kappa shape index (κ2) is 9.53. The predicted molar refractivity (Wildman–Crippen MR) is 151 cm³/mol. The molecule has 11 heteroatoms. The fourth-order valence-electron chi connectivity index (χ4n) is 5.29. The average Bonchev–Trinajstić information content (AvgIpc) is 3.44. The Balaban J connectivity index is 1.57. The van der Waals surface area contributed by atoms with Crippen molar-refractivity contribution < 1.29 is 23.4 Å². The second-order valence-electron chi connectivity index (χ2n) is 9.27. The summed E-state index contributed by atoms with van der Waals surface area (Å²) in [5, 5.41) is 5.77. The molecule has 4 heterocycles. The normalized spacial score (nSPS) is 13.9. The van der Waals surface area contributed by atoms with Gasteiger partial charge < -0.3 is 23.4 Å². The summed E-state index contributed by atoms with van der Waals surface area (Å²) in [4.78, 5) is 23.1. The van der Waals surface area contributed by atoms with Gasteiger partial charge in [-0.1, -0.05) is 35.9 Å². The van der Waals surface area contributed by atoms with Crippen molar-refractivity contribution >= 4 is 28.2 Å². The highest BCUT2D eigenvalue weighted by Crippen LogP contribution is 2.51. The van der Waals surface area contributed by atoms with Crippen LogP contribution in [-0.2, 0) is 0 Å². The molecule has 0 spiro atoms. The molecule has 204 valence electrons. The van der Waals surface area contributed by atoms with E-state index < -0.39 is 11.5 Å². The van der Waals surface area contributed by atoms with Gasteiger partial charge in [0.05, 0.1) is 48.8 Å². The van der Waals surface area contributed by atoms with Crippen LogP contribution < -0.4 is 24.6 Å². The van der Waals surface area contributed by atoms with Crippen LogP contribution in [0.25, 0.3) is 28.0 Å². The first kappa shape index (κ1) is 24.9. The molecule has 0 radical (unpaired) electrons. The van der Waals surface area contributed by atoms with E-state index in [0.717, 1.165) is 0 Å². The minimum atomic E-state index is -0.747. The third kappa shape index (κ3) is 3.79. The van der Waals surface area contributed by atoms with E-state index in [4.69, 9.17) is 39.9 Å². The summed E-state index contributed by atoms with van der Waals surface area (Å²) in [5.74, 6) is 1.52. The van der Waals surface area contributed by atoms with Gasteiger partial charge in [0.2, 0.25) is 11.6 Å². The van der Waals surface area contributed by atoms with Gasteiger partial charge >= 0.3 is 5.63 Å². The number of ether oxygens (including phenoxy) is 4. The number of hydrogen-bond donors (Lipinski definition) is 0. The van der Waals surface area contributed by atoms with Gasteiger partial charge in [-0.2, -0.15) is 0 Å². The van der Waals surface area contributed by atoms with E-state index >= 15 is 0 Å². The molecule has 0 fully saturated rings. The van der Waals surface area contributed by atoms with E-state index in [1.807, 2.05) is 30.3 Å². The van der Waals surface area contributed by atoms with Gasteiger partial charge in [0.15, 0.2) is 28.7 Å². The predicted octanol–water partition coefficient (Wildman–Crippen LogP) is 5.86. The van der Waals surface area contributed by atoms with Crippen LogP contribution in [-0.4, -0.2) is 40.9 Å². The Hall–Kier alpha value is -5.09. The third-order valence-corrected chi connectivity index (χ3v) is 7.43. The second-order valence-corrected chi connectivity index (χ2v) is 9.68. The molecule has 0 saturated carbocycles. The SMILES string of the molecule is COc1cc(C2c3c(c4ccccc4oc3=O)Oc3ncn4nc(-c5ccccc5Cl)nc4c32)cc(OC)c1OC. The van der Waals surface area contributed by atoms with Crippen LogP contribution in [0.15, 0.2) is 76.2 Å². The summed E-state index contributed by atoms with van der Waals surface area (Å²) in [6.07, 6.45) is 1.52. The van der Waals surface area contributed by atoms with Crippen LogP contribution >= 0.6 is 11.6 Å². The number of fused-ring (bicyclic) bond motifs is 6. The number of methoxy groups -OCH3 is 3. The number of halogens is 1. The molecule has 0 aliphatic carbocycles. The van der Waals surface area contributed by atoms with E-state index in [-0.39, 0.29) is 11.4 Å². The molecule has 41 heavy (non-hydrogen) atoms.